The molecule has 2 aromatic rings. The molecule has 0 bridgehead atoms. The van der Waals surface area contributed by atoms with Gasteiger partial charge in [0.05, 0.1) is 16.4 Å². The van der Waals surface area contributed by atoms with Crippen molar-refractivity contribution in [1.82, 2.24) is 9.88 Å². The lowest BCUT2D eigenvalue weighted by Gasteiger charge is -2.26. The van der Waals surface area contributed by atoms with Crippen molar-refractivity contribution in [3.8, 4) is 0 Å². The molecule has 1 aromatic heterocycles. The number of carbonyl (C=O) groups is 1. The number of carbonyl (C=O) groups excluding carboxylic acids is 1. The zero-order valence-corrected chi connectivity index (χ0v) is 16.4. The summed E-state index contributed by atoms with van der Waals surface area (Å²) in [4.78, 5) is 23.3. The van der Waals surface area contributed by atoms with Crippen molar-refractivity contribution in [2.24, 2.45) is 4.99 Å². The molecule has 0 N–H and O–H groups in total. The number of nitrogens with zero attached hydrogens (tertiary/aromatic N) is 3. The Morgan fingerprint density at radius 2 is 2.24 bits per heavy atom. The highest BCUT2D eigenvalue weighted by molar-refractivity contribution is 8.13. The molecule has 0 spiro atoms. The fourth-order valence-corrected chi connectivity index (χ4v) is 4.04. The number of rotatable bonds is 3. The molecule has 1 saturated heterocycles. The predicted molar refractivity (Wildman–Crippen MR) is 108 cm³/mol. The van der Waals surface area contributed by atoms with Crippen LogP contribution in [0.15, 0.2) is 34.6 Å². The molecule has 7 heteroatoms. The summed E-state index contributed by atoms with van der Waals surface area (Å²) >= 11 is 9.34. The predicted octanol–water partition coefficient (Wildman–Crippen LogP) is 5.08. The Kier molecular flexibility index (Phi) is 5.93. The van der Waals surface area contributed by atoms with E-state index in [1.54, 1.807) is 40.2 Å². The largest absolute Gasteiger partial charge is 0.288 e. The highest BCUT2D eigenvalue weighted by atomic mass is 35.5. The number of aliphatic imine (C=N–C) groups is 1. The first-order valence-corrected chi connectivity index (χ1v) is 10.2. The van der Waals surface area contributed by atoms with Crippen LogP contribution in [0.4, 0.5) is 5.69 Å². The van der Waals surface area contributed by atoms with Gasteiger partial charge in [-0.05, 0) is 44.0 Å². The summed E-state index contributed by atoms with van der Waals surface area (Å²) in [5.74, 6) is 0.881. The molecule has 1 aliphatic rings. The molecule has 4 nitrogen and oxygen atoms in total. The van der Waals surface area contributed by atoms with Crippen LogP contribution in [0.1, 0.15) is 22.7 Å². The summed E-state index contributed by atoms with van der Waals surface area (Å²) in [5.41, 5.74) is 2.58. The van der Waals surface area contributed by atoms with E-state index in [0.717, 1.165) is 39.3 Å². The van der Waals surface area contributed by atoms with Crippen molar-refractivity contribution in [2.75, 3.05) is 12.3 Å². The average Bonchev–Trinajstić information content (AvgIpc) is 3.02. The van der Waals surface area contributed by atoms with Crippen LogP contribution >= 0.6 is 34.7 Å². The van der Waals surface area contributed by atoms with Crippen molar-refractivity contribution >= 4 is 57.5 Å². The van der Waals surface area contributed by atoms with Crippen LogP contribution in [-0.4, -0.2) is 33.3 Å². The number of hydrogen-bond acceptors (Lipinski definition) is 5. The summed E-state index contributed by atoms with van der Waals surface area (Å²) in [6, 6.07) is 5.68. The summed E-state index contributed by atoms with van der Waals surface area (Å²) in [5, 5.41) is 4.32. The van der Waals surface area contributed by atoms with Crippen molar-refractivity contribution in [1.29, 1.82) is 0 Å². The van der Waals surface area contributed by atoms with Gasteiger partial charge in [-0.2, -0.15) is 0 Å². The topological polar surface area (TPSA) is 45.6 Å². The zero-order valence-electron chi connectivity index (χ0n) is 14.0. The standard InChI is InChI=1S/C18H18ClN3OS2/c1-12-4-5-14(10-16(12)19)21-18-22(8-3-9-24-18)17(23)7-6-15-11-25-13(2)20-15/h4-7,10-11H,3,8-9H2,1-2H3/b7-6+,21-18?. The Hall–Kier alpha value is -1.63. The molecule has 130 valence electrons. The fourth-order valence-electron chi connectivity index (χ4n) is 2.32. The molecular formula is C18H18ClN3OS2. The van der Waals surface area contributed by atoms with E-state index in [1.807, 2.05) is 37.4 Å². The Morgan fingerprint density at radius 1 is 1.40 bits per heavy atom. The van der Waals surface area contributed by atoms with Gasteiger partial charge in [-0.25, -0.2) is 9.98 Å². The van der Waals surface area contributed by atoms with E-state index in [2.05, 4.69) is 9.98 Å². The first kappa shape index (κ1) is 18.2. The highest BCUT2D eigenvalue weighted by Gasteiger charge is 2.22. The molecule has 1 aliphatic heterocycles. The number of aryl methyl sites for hydroxylation is 2. The van der Waals surface area contributed by atoms with Gasteiger partial charge >= 0.3 is 0 Å². The minimum atomic E-state index is -0.0742. The maximum absolute atomic E-state index is 12.6. The Balaban J connectivity index is 1.80. The smallest absolute Gasteiger partial charge is 0.252 e. The molecule has 3 rings (SSSR count). The summed E-state index contributed by atoms with van der Waals surface area (Å²) in [7, 11) is 0. The van der Waals surface area contributed by atoms with Gasteiger partial charge in [-0.3, -0.25) is 9.69 Å². The molecule has 0 unspecified atom stereocenters. The van der Waals surface area contributed by atoms with Crippen molar-refractivity contribution in [3.05, 3.63) is 50.9 Å². The fraction of sp³-hybridized carbons (Fsp3) is 0.278. The van der Waals surface area contributed by atoms with E-state index in [0.29, 0.717) is 11.6 Å². The molecule has 2 heterocycles. The lowest BCUT2D eigenvalue weighted by Crippen LogP contribution is -2.38. The van der Waals surface area contributed by atoms with Crippen LogP contribution in [0, 0.1) is 13.8 Å². The van der Waals surface area contributed by atoms with Gasteiger partial charge in [-0.1, -0.05) is 29.4 Å². The van der Waals surface area contributed by atoms with Crippen LogP contribution < -0.4 is 0 Å². The van der Waals surface area contributed by atoms with Crippen LogP contribution in [0.2, 0.25) is 5.02 Å². The number of halogens is 1. The third-order valence-corrected chi connectivity index (χ3v) is 5.93. The van der Waals surface area contributed by atoms with Crippen molar-refractivity contribution in [3.63, 3.8) is 0 Å². The SMILES string of the molecule is Cc1nc(/C=C/C(=O)N2CCCSC2=Nc2ccc(C)c(Cl)c2)cs1. The van der Waals surface area contributed by atoms with Crippen LogP contribution in [-0.2, 0) is 4.79 Å². The maximum Gasteiger partial charge on any atom is 0.252 e. The normalized spacial score (nSPS) is 16.8. The second kappa shape index (κ2) is 8.17. The maximum atomic E-state index is 12.6. The third kappa shape index (κ3) is 4.71. The molecule has 0 radical (unpaired) electrons. The van der Waals surface area contributed by atoms with Gasteiger partial charge in [0.1, 0.15) is 0 Å². The highest BCUT2D eigenvalue weighted by Crippen LogP contribution is 2.26. The average molecular weight is 392 g/mol. The Bertz CT molecular complexity index is 845. The van der Waals surface area contributed by atoms with Crippen LogP contribution in [0.25, 0.3) is 6.08 Å². The second-order valence-electron chi connectivity index (χ2n) is 5.64. The van der Waals surface area contributed by atoms with Gasteiger partial charge in [-0.15, -0.1) is 11.3 Å². The van der Waals surface area contributed by atoms with E-state index in [4.69, 9.17) is 11.6 Å². The van der Waals surface area contributed by atoms with Crippen LogP contribution in [0.5, 0.6) is 0 Å². The number of amides is 1. The first-order chi connectivity index (χ1) is 12.0. The van der Waals surface area contributed by atoms with E-state index >= 15 is 0 Å². The van der Waals surface area contributed by atoms with Gasteiger partial charge in [0, 0.05) is 28.8 Å². The Labute approximate surface area is 160 Å². The van der Waals surface area contributed by atoms with E-state index in [9.17, 15) is 4.79 Å². The third-order valence-electron chi connectivity index (χ3n) is 3.67. The number of benzene rings is 1. The van der Waals surface area contributed by atoms with Crippen molar-refractivity contribution < 1.29 is 4.79 Å². The number of thioether (sulfide) groups is 1. The molecule has 1 fully saturated rings. The molecule has 0 atom stereocenters. The quantitative estimate of drug-likeness (QED) is 0.685. The van der Waals surface area contributed by atoms with Gasteiger partial charge in [0.25, 0.3) is 5.91 Å². The molecule has 1 aromatic carbocycles. The van der Waals surface area contributed by atoms with Crippen LogP contribution in [0.3, 0.4) is 0 Å². The number of hydrogen-bond donors (Lipinski definition) is 0. The zero-order chi connectivity index (χ0) is 17.8. The summed E-state index contributed by atoms with van der Waals surface area (Å²) in [6.07, 6.45) is 4.28. The molecule has 0 aliphatic carbocycles. The van der Waals surface area contributed by atoms with Gasteiger partial charge in [0.2, 0.25) is 0 Å². The van der Waals surface area contributed by atoms with Crippen molar-refractivity contribution in [2.45, 2.75) is 20.3 Å². The number of thiazole rings is 1. The molecule has 0 saturated carbocycles. The second-order valence-corrected chi connectivity index (χ2v) is 8.18. The lowest BCUT2D eigenvalue weighted by atomic mass is 10.2. The monoisotopic (exact) mass is 391 g/mol. The van der Waals surface area contributed by atoms with E-state index in [-0.39, 0.29) is 5.91 Å². The van der Waals surface area contributed by atoms with Gasteiger partial charge < -0.3 is 0 Å². The Morgan fingerprint density at radius 3 is 2.96 bits per heavy atom. The molecule has 25 heavy (non-hydrogen) atoms. The van der Waals surface area contributed by atoms with E-state index < -0.39 is 0 Å². The molecule has 1 amide bonds. The minimum absolute atomic E-state index is 0.0742. The minimum Gasteiger partial charge on any atom is -0.288 e. The first-order valence-electron chi connectivity index (χ1n) is 7.92. The lowest BCUT2D eigenvalue weighted by molar-refractivity contribution is -0.122. The molecular weight excluding hydrogens is 374 g/mol. The number of aromatic nitrogens is 1. The number of amidine groups is 1. The van der Waals surface area contributed by atoms with Gasteiger partial charge in [0.15, 0.2) is 5.17 Å². The van der Waals surface area contributed by atoms with E-state index in [1.165, 1.54) is 0 Å². The summed E-state index contributed by atoms with van der Waals surface area (Å²) in [6.45, 7) is 4.57. The summed E-state index contributed by atoms with van der Waals surface area (Å²) < 4.78 is 0.